The van der Waals surface area contributed by atoms with Crippen LogP contribution >= 0.6 is 39.1 Å². The summed E-state index contributed by atoms with van der Waals surface area (Å²) >= 11 is 14.9. The Labute approximate surface area is 122 Å². The highest BCUT2D eigenvalue weighted by atomic mass is 79.9. The van der Waals surface area contributed by atoms with Crippen molar-refractivity contribution in [2.75, 3.05) is 7.05 Å². The van der Waals surface area contributed by atoms with Gasteiger partial charge in [-0.25, -0.2) is 4.39 Å². The molecule has 2 aromatic rings. The highest BCUT2D eigenvalue weighted by Crippen LogP contribution is 2.32. The summed E-state index contributed by atoms with van der Waals surface area (Å²) in [6.45, 7) is 0. The summed E-state index contributed by atoms with van der Waals surface area (Å²) in [5.74, 6) is 0.151. The Balaban J connectivity index is 2.48. The van der Waals surface area contributed by atoms with Gasteiger partial charge in [0.15, 0.2) is 5.22 Å². The number of hydrogen-bond acceptors (Lipinski definition) is 2. The van der Waals surface area contributed by atoms with E-state index in [0.717, 1.165) is 0 Å². The van der Waals surface area contributed by atoms with Crippen LogP contribution in [0.3, 0.4) is 0 Å². The van der Waals surface area contributed by atoms with Crippen molar-refractivity contribution in [3.8, 4) is 0 Å². The molecule has 1 N–H and O–H groups in total. The highest BCUT2D eigenvalue weighted by Gasteiger charge is 2.21. The predicted molar refractivity (Wildman–Crippen MR) is 73.7 cm³/mol. The van der Waals surface area contributed by atoms with E-state index < -0.39 is 6.04 Å². The van der Waals surface area contributed by atoms with E-state index in [0.29, 0.717) is 20.8 Å². The first kappa shape index (κ1) is 13.9. The third-order valence-electron chi connectivity index (χ3n) is 2.52. The van der Waals surface area contributed by atoms with Crippen molar-refractivity contribution >= 4 is 39.1 Å². The third-order valence-corrected chi connectivity index (χ3v) is 3.92. The molecule has 1 aromatic carbocycles. The van der Waals surface area contributed by atoms with E-state index >= 15 is 0 Å². The van der Waals surface area contributed by atoms with Gasteiger partial charge >= 0.3 is 0 Å². The van der Waals surface area contributed by atoms with Crippen LogP contribution in [0.15, 0.2) is 33.2 Å². The minimum Gasteiger partial charge on any atom is -0.448 e. The van der Waals surface area contributed by atoms with E-state index in [-0.39, 0.29) is 11.0 Å². The lowest BCUT2D eigenvalue weighted by atomic mass is 10.0. The summed E-state index contributed by atoms with van der Waals surface area (Å²) in [4.78, 5) is 0. The second kappa shape index (κ2) is 5.61. The number of benzene rings is 1. The topological polar surface area (TPSA) is 25.2 Å². The number of hydrogen-bond donors (Lipinski definition) is 1. The molecule has 18 heavy (non-hydrogen) atoms. The molecule has 0 saturated heterocycles. The van der Waals surface area contributed by atoms with Crippen molar-refractivity contribution < 1.29 is 8.81 Å². The molecule has 1 atom stereocenters. The van der Waals surface area contributed by atoms with Crippen molar-refractivity contribution in [3.63, 3.8) is 0 Å². The minimum absolute atomic E-state index is 0.258. The molecular weight excluding hydrogens is 344 g/mol. The fourth-order valence-electron chi connectivity index (χ4n) is 1.69. The maximum Gasteiger partial charge on any atom is 0.193 e. The van der Waals surface area contributed by atoms with Gasteiger partial charge in [0, 0.05) is 10.0 Å². The first-order valence-corrected chi connectivity index (χ1v) is 6.64. The molecule has 1 unspecified atom stereocenters. The van der Waals surface area contributed by atoms with Crippen molar-refractivity contribution in [2.45, 2.75) is 6.04 Å². The molecule has 0 spiro atoms. The molecule has 96 valence electrons. The Morgan fingerprint density at radius 1 is 1.33 bits per heavy atom. The molecule has 1 aromatic heterocycles. The number of furan rings is 1. The smallest absolute Gasteiger partial charge is 0.193 e. The number of rotatable bonds is 3. The van der Waals surface area contributed by atoms with Gasteiger partial charge in [0.2, 0.25) is 0 Å². The average Bonchev–Trinajstić information content (AvgIpc) is 2.73. The fraction of sp³-hybridized carbons (Fsp3) is 0.167. The summed E-state index contributed by atoms with van der Waals surface area (Å²) in [5, 5.41) is 3.66. The van der Waals surface area contributed by atoms with Crippen molar-refractivity contribution in [1.29, 1.82) is 0 Å². The molecule has 0 fully saturated rings. The lowest BCUT2D eigenvalue weighted by Crippen LogP contribution is -2.18. The molecule has 2 rings (SSSR count). The zero-order chi connectivity index (χ0) is 13.3. The second-order valence-corrected chi connectivity index (χ2v) is 5.29. The average molecular weight is 353 g/mol. The van der Waals surface area contributed by atoms with Crippen molar-refractivity contribution in [3.05, 3.63) is 56.1 Å². The molecule has 0 radical (unpaired) electrons. The van der Waals surface area contributed by atoms with Gasteiger partial charge in [0.1, 0.15) is 11.6 Å². The lowest BCUT2D eigenvalue weighted by molar-refractivity contribution is 0.454. The quantitative estimate of drug-likeness (QED) is 0.803. The van der Waals surface area contributed by atoms with Crippen molar-refractivity contribution in [2.24, 2.45) is 0 Å². The van der Waals surface area contributed by atoms with Gasteiger partial charge in [-0.1, -0.05) is 11.6 Å². The molecule has 0 aliphatic carbocycles. The first-order valence-electron chi connectivity index (χ1n) is 5.10. The highest BCUT2D eigenvalue weighted by molar-refractivity contribution is 9.10. The van der Waals surface area contributed by atoms with Crippen LogP contribution in [0.4, 0.5) is 4.39 Å². The van der Waals surface area contributed by atoms with Crippen LogP contribution in [0, 0.1) is 5.82 Å². The Morgan fingerprint density at radius 2 is 2.06 bits per heavy atom. The summed E-state index contributed by atoms with van der Waals surface area (Å²) in [6.07, 6.45) is 0. The van der Waals surface area contributed by atoms with Crippen LogP contribution < -0.4 is 5.32 Å². The van der Waals surface area contributed by atoms with E-state index in [2.05, 4.69) is 21.2 Å². The SMILES string of the molecule is CNC(c1ccc(Cl)o1)c1cc(Cl)c(Br)cc1F. The van der Waals surface area contributed by atoms with Crippen LogP contribution in [-0.2, 0) is 0 Å². The largest absolute Gasteiger partial charge is 0.448 e. The van der Waals surface area contributed by atoms with Gasteiger partial charge < -0.3 is 9.73 Å². The molecule has 0 aliphatic rings. The number of halogens is 4. The summed E-state index contributed by atoms with van der Waals surface area (Å²) in [6, 6.07) is 5.74. The Morgan fingerprint density at radius 3 is 2.61 bits per heavy atom. The summed E-state index contributed by atoms with van der Waals surface area (Å²) in [5.41, 5.74) is 0.400. The van der Waals surface area contributed by atoms with Gasteiger partial charge in [-0.2, -0.15) is 0 Å². The maximum absolute atomic E-state index is 14.0. The normalized spacial score (nSPS) is 12.7. The first-order chi connectivity index (χ1) is 8.52. The van der Waals surface area contributed by atoms with Gasteiger partial charge in [0.05, 0.1) is 11.1 Å². The Bertz CT molecular complexity index is 573. The minimum atomic E-state index is -0.442. The van der Waals surface area contributed by atoms with E-state index in [1.54, 1.807) is 25.2 Å². The van der Waals surface area contributed by atoms with E-state index in [1.807, 2.05) is 0 Å². The van der Waals surface area contributed by atoms with Gasteiger partial charge in [-0.3, -0.25) is 0 Å². The second-order valence-electron chi connectivity index (χ2n) is 3.65. The molecule has 1 heterocycles. The molecule has 0 bridgehead atoms. The third kappa shape index (κ3) is 2.72. The molecular formula is C12H9BrCl2FNO. The van der Waals surface area contributed by atoms with Crippen LogP contribution in [0.1, 0.15) is 17.4 Å². The Kier molecular flexibility index (Phi) is 4.33. The van der Waals surface area contributed by atoms with Crippen LogP contribution in [0.25, 0.3) is 0 Å². The molecule has 6 heteroatoms. The van der Waals surface area contributed by atoms with Crippen molar-refractivity contribution in [1.82, 2.24) is 5.32 Å². The van der Waals surface area contributed by atoms with E-state index in [4.69, 9.17) is 27.6 Å². The molecule has 0 saturated carbocycles. The zero-order valence-corrected chi connectivity index (χ0v) is 12.4. The molecule has 0 amide bonds. The molecule has 0 aliphatic heterocycles. The fourth-order valence-corrected chi connectivity index (χ4v) is 2.33. The lowest BCUT2D eigenvalue weighted by Gasteiger charge is -2.15. The van der Waals surface area contributed by atoms with Crippen LogP contribution in [0.5, 0.6) is 0 Å². The summed E-state index contributed by atoms with van der Waals surface area (Å²) < 4.78 is 19.8. The number of nitrogens with one attached hydrogen (secondary N) is 1. The Hall–Kier alpha value is -0.550. The van der Waals surface area contributed by atoms with E-state index in [1.165, 1.54) is 6.07 Å². The van der Waals surface area contributed by atoms with E-state index in [9.17, 15) is 4.39 Å². The maximum atomic E-state index is 14.0. The van der Waals surface area contributed by atoms with Gasteiger partial charge in [-0.15, -0.1) is 0 Å². The zero-order valence-electron chi connectivity index (χ0n) is 9.31. The summed E-state index contributed by atoms with van der Waals surface area (Å²) in [7, 11) is 1.70. The standard InChI is InChI=1S/C12H9BrCl2FNO/c1-17-12(10-2-3-11(15)18-10)6-4-8(14)7(13)5-9(6)16/h2-5,12,17H,1H3. The van der Waals surface area contributed by atoms with Gasteiger partial charge in [-0.05, 0) is 58.8 Å². The van der Waals surface area contributed by atoms with Crippen LogP contribution in [-0.4, -0.2) is 7.05 Å². The van der Waals surface area contributed by atoms with Gasteiger partial charge in [0.25, 0.3) is 0 Å². The monoisotopic (exact) mass is 351 g/mol. The molecule has 2 nitrogen and oxygen atoms in total. The van der Waals surface area contributed by atoms with Crippen LogP contribution in [0.2, 0.25) is 10.2 Å². The predicted octanol–water partition coefficient (Wildman–Crippen LogP) is 4.80.